The Morgan fingerprint density at radius 2 is 2.20 bits per heavy atom. The van der Waals surface area contributed by atoms with Gasteiger partial charge in [0.05, 0.1) is 0 Å². The van der Waals surface area contributed by atoms with Crippen molar-refractivity contribution in [2.45, 2.75) is 38.1 Å². The minimum Gasteiger partial charge on any atom is -0.381 e. The Labute approximate surface area is 93.0 Å². The van der Waals surface area contributed by atoms with Crippen molar-refractivity contribution in [2.75, 3.05) is 32.8 Å². The van der Waals surface area contributed by atoms with Gasteiger partial charge >= 0.3 is 0 Å². The van der Waals surface area contributed by atoms with Crippen molar-refractivity contribution >= 4 is 0 Å². The molecule has 2 N–H and O–H groups in total. The van der Waals surface area contributed by atoms with E-state index in [2.05, 4.69) is 10.6 Å². The van der Waals surface area contributed by atoms with Crippen LogP contribution in [-0.4, -0.2) is 38.9 Å². The lowest BCUT2D eigenvalue weighted by atomic mass is 10.1. The third kappa shape index (κ3) is 4.96. The van der Waals surface area contributed by atoms with E-state index in [9.17, 15) is 0 Å². The molecule has 0 aromatic heterocycles. The van der Waals surface area contributed by atoms with Crippen LogP contribution in [0, 0.1) is 5.92 Å². The zero-order valence-corrected chi connectivity index (χ0v) is 9.63. The molecule has 0 aromatic carbocycles. The van der Waals surface area contributed by atoms with Gasteiger partial charge in [-0.25, -0.2) is 0 Å². The molecule has 2 fully saturated rings. The molecule has 1 aliphatic carbocycles. The van der Waals surface area contributed by atoms with Crippen LogP contribution in [0.25, 0.3) is 0 Å². The standard InChI is InChI=1S/C12H24N2O/c1-3-12(9-13-6-1)14-7-2-8-15-10-11-4-5-11/h11-14H,1-10H2. The van der Waals surface area contributed by atoms with E-state index in [1.807, 2.05) is 0 Å². The maximum absolute atomic E-state index is 5.59. The molecule has 15 heavy (non-hydrogen) atoms. The largest absolute Gasteiger partial charge is 0.381 e. The highest BCUT2D eigenvalue weighted by molar-refractivity contribution is 4.74. The first kappa shape index (κ1) is 11.4. The molecule has 1 atom stereocenters. The molecule has 1 unspecified atom stereocenters. The number of ether oxygens (including phenoxy) is 1. The van der Waals surface area contributed by atoms with Gasteiger partial charge in [0.2, 0.25) is 0 Å². The normalized spacial score (nSPS) is 26.8. The molecule has 3 nitrogen and oxygen atoms in total. The molecular weight excluding hydrogens is 188 g/mol. The van der Waals surface area contributed by atoms with E-state index in [1.54, 1.807) is 0 Å². The summed E-state index contributed by atoms with van der Waals surface area (Å²) in [7, 11) is 0. The van der Waals surface area contributed by atoms with Crippen LogP contribution >= 0.6 is 0 Å². The summed E-state index contributed by atoms with van der Waals surface area (Å²) in [6.07, 6.45) is 6.59. The molecular formula is C12H24N2O. The summed E-state index contributed by atoms with van der Waals surface area (Å²) in [5, 5.41) is 7.00. The average Bonchev–Trinajstić information content (AvgIpc) is 3.09. The number of nitrogens with one attached hydrogen (secondary N) is 2. The van der Waals surface area contributed by atoms with E-state index in [-0.39, 0.29) is 0 Å². The second-order valence-electron chi connectivity index (χ2n) is 4.87. The fourth-order valence-corrected chi connectivity index (χ4v) is 2.04. The molecule has 0 spiro atoms. The van der Waals surface area contributed by atoms with Crippen LogP contribution in [0.5, 0.6) is 0 Å². The second-order valence-corrected chi connectivity index (χ2v) is 4.87. The first-order valence-electron chi connectivity index (χ1n) is 6.47. The van der Waals surface area contributed by atoms with Crippen LogP contribution in [0.4, 0.5) is 0 Å². The number of piperidine rings is 1. The summed E-state index contributed by atoms with van der Waals surface area (Å²) in [4.78, 5) is 0. The SMILES string of the molecule is C(CNC1CCCNC1)COCC1CC1. The lowest BCUT2D eigenvalue weighted by Crippen LogP contribution is -2.43. The van der Waals surface area contributed by atoms with Crippen LogP contribution in [0.15, 0.2) is 0 Å². The number of hydrogen-bond acceptors (Lipinski definition) is 3. The molecule has 88 valence electrons. The Morgan fingerprint density at radius 1 is 1.27 bits per heavy atom. The van der Waals surface area contributed by atoms with Crippen molar-refractivity contribution < 1.29 is 4.74 Å². The maximum Gasteiger partial charge on any atom is 0.0494 e. The van der Waals surface area contributed by atoms with E-state index in [4.69, 9.17) is 4.74 Å². The quantitative estimate of drug-likeness (QED) is 0.621. The Hall–Kier alpha value is -0.120. The lowest BCUT2D eigenvalue weighted by Gasteiger charge is -2.23. The molecule has 3 heteroatoms. The van der Waals surface area contributed by atoms with Crippen molar-refractivity contribution in [1.82, 2.24) is 10.6 Å². The van der Waals surface area contributed by atoms with Gasteiger partial charge in [-0.2, -0.15) is 0 Å². The van der Waals surface area contributed by atoms with Gasteiger partial charge in [0.1, 0.15) is 0 Å². The van der Waals surface area contributed by atoms with E-state index in [1.165, 1.54) is 32.2 Å². The Morgan fingerprint density at radius 3 is 2.93 bits per heavy atom. The highest BCUT2D eigenvalue weighted by Gasteiger charge is 2.20. The molecule has 1 heterocycles. The van der Waals surface area contributed by atoms with Crippen LogP contribution in [-0.2, 0) is 4.74 Å². The highest BCUT2D eigenvalue weighted by atomic mass is 16.5. The molecule has 0 amide bonds. The molecule has 1 saturated heterocycles. The van der Waals surface area contributed by atoms with Gasteiger partial charge in [-0.3, -0.25) is 0 Å². The van der Waals surface area contributed by atoms with E-state index in [0.717, 1.165) is 38.6 Å². The zero-order chi connectivity index (χ0) is 10.3. The molecule has 2 rings (SSSR count). The monoisotopic (exact) mass is 212 g/mol. The topological polar surface area (TPSA) is 33.3 Å². The molecule has 0 aromatic rings. The summed E-state index contributed by atoms with van der Waals surface area (Å²) < 4.78 is 5.59. The van der Waals surface area contributed by atoms with Crippen LogP contribution < -0.4 is 10.6 Å². The molecule has 2 aliphatic rings. The third-order valence-electron chi connectivity index (χ3n) is 3.25. The van der Waals surface area contributed by atoms with Crippen LogP contribution in [0.3, 0.4) is 0 Å². The average molecular weight is 212 g/mol. The fraction of sp³-hybridized carbons (Fsp3) is 1.00. The molecule has 0 bridgehead atoms. The summed E-state index contributed by atoms with van der Waals surface area (Å²) >= 11 is 0. The van der Waals surface area contributed by atoms with E-state index in [0.29, 0.717) is 6.04 Å². The van der Waals surface area contributed by atoms with Crippen molar-refractivity contribution in [3.8, 4) is 0 Å². The smallest absolute Gasteiger partial charge is 0.0494 e. The minimum absolute atomic E-state index is 0.696. The van der Waals surface area contributed by atoms with Crippen molar-refractivity contribution in [3.05, 3.63) is 0 Å². The molecule has 1 aliphatic heterocycles. The Balaban J connectivity index is 1.37. The van der Waals surface area contributed by atoms with Crippen molar-refractivity contribution in [3.63, 3.8) is 0 Å². The van der Waals surface area contributed by atoms with E-state index >= 15 is 0 Å². The second kappa shape index (κ2) is 6.46. The van der Waals surface area contributed by atoms with Gasteiger partial charge in [-0.1, -0.05) is 0 Å². The Kier molecular flexibility index (Phi) is 4.90. The summed E-state index contributed by atoms with van der Waals surface area (Å²) in [5.41, 5.74) is 0. The van der Waals surface area contributed by atoms with Gasteiger partial charge in [0, 0.05) is 25.8 Å². The number of rotatable bonds is 7. The molecule has 0 radical (unpaired) electrons. The summed E-state index contributed by atoms with van der Waals surface area (Å²) in [6, 6.07) is 0.696. The predicted molar refractivity (Wildman–Crippen MR) is 62.1 cm³/mol. The zero-order valence-electron chi connectivity index (χ0n) is 9.63. The predicted octanol–water partition coefficient (Wildman–Crippen LogP) is 1.14. The fourth-order valence-electron chi connectivity index (χ4n) is 2.04. The van der Waals surface area contributed by atoms with Crippen LogP contribution in [0.1, 0.15) is 32.1 Å². The lowest BCUT2D eigenvalue weighted by molar-refractivity contribution is 0.121. The van der Waals surface area contributed by atoms with Gasteiger partial charge in [0.15, 0.2) is 0 Å². The Bertz CT molecular complexity index is 165. The van der Waals surface area contributed by atoms with Gasteiger partial charge in [-0.05, 0) is 51.1 Å². The third-order valence-corrected chi connectivity index (χ3v) is 3.25. The first-order chi connectivity index (χ1) is 7.45. The van der Waals surface area contributed by atoms with Crippen molar-refractivity contribution in [1.29, 1.82) is 0 Å². The molecule has 1 saturated carbocycles. The van der Waals surface area contributed by atoms with Gasteiger partial charge in [-0.15, -0.1) is 0 Å². The number of hydrogen-bond donors (Lipinski definition) is 2. The first-order valence-corrected chi connectivity index (χ1v) is 6.47. The van der Waals surface area contributed by atoms with Crippen LogP contribution in [0.2, 0.25) is 0 Å². The van der Waals surface area contributed by atoms with Gasteiger partial charge in [0.25, 0.3) is 0 Å². The minimum atomic E-state index is 0.696. The maximum atomic E-state index is 5.59. The highest BCUT2D eigenvalue weighted by Crippen LogP contribution is 2.28. The summed E-state index contributed by atoms with van der Waals surface area (Å²) in [6.45, 7) is 5.39. The van der Waals surface area contributed by atoms with Crippen molar-refractivity contribution in [2.24, 2.45) is 5.92 Å². The summed E-state index contributed by atoms with van der Waals surface area (Å²) in [5.74, 6) is 0.903. The van der Waals surface area contributed by atoms with Gasteiger partial charge < -0.3 is 15.4 Å². The van der Waals surface area contributed by atoms with E-state index < -0.39 is 0 Å².